The summed E-state index contributed by atoms with van der Waals surface area (Å²) >= 11 is 1.29. The van der Waals surface area contributed by atoms with Crippen LogP contribution in [0.5, 0.6) is 0 Å². The normalized spacial score (nSPS) is 11.6. The molecule has 0 aliphatic carbocycles. The zero-order chi connectivity index (χ0) is 22.1. The summed E-state index contributed by atoms with van der Waals surface area (Å²) < 4.78 is 29.6. The Morgan fingerprint density at radius 3 is 2.33 bits per heavy atom. The predicted octanol–water partition coefficient (Wildman–Crippen LogP) is 2.71. The Morgan fingerprint density at radius 2 is 1.77 bits per heavy atom. The van der Waals surface area contributed by atoms with Gasteiger partial charge in [0.15, 0.2) is 16.8 Å². The molecule has 0 unspecified atom stereocenters. The lowest BCUT2D eigenvalue weighted by molar-refractivity contribution is 0.102. The molecule has 0 saturated heterocycles. The van der Waals surface area contributed by atoms with Gasteiger partial charge in [0.25, 0.3) is 0 Å². The number of benzene rings is 1. The highest BCUT2D eigenvalue weighted by Gasteiger charge is 2.22. The van der Waals surface area contributed by atoms with E-state index in [2.05, 4.69) is 10.2 Å². The average molecular weight is 448 g/mol. The summed E-state index contributed by atoms with van der Waals surface area (Å²) in [4.78, 5) is 12.6. The summed E-state index contributed by atoms with van der Waals surface area (Å²) in [6, 6.07) is 10.7. The number of anilines is 1. The van der Waals surface area contributed by atoms with E-state index in [4.69, 9.17) is 0 Å². The van der Waals surface area contributed by atoms with Crippen LogP contribution in [0.25, 0.3) is 0 Å². The van der Waals surface area contributed by atoms with Crippen LogP contribution >= 0.6 is 11.8 Å². The van der Waals surface area contributed by atoms with E-state index in [0.29, 0.717) is 22.2 Å². The molecule has 0 fully saturated rings. The van der Waals surface area contributed by atoms with Crippen molar-refractivity contribution in [3.05, 3.63) is 59.2 Å². The van der Waals surface area contributed by atoms with Gasteiger partial charge in [0.05, 0.1) is 24.2 Å². The van der Waals surface area contributed by atoms with Crippen LogP contribution in [-0.4, -0.2) is 45.5 Å². The Hall–Kier alpha value is -2.59. The number of nitrogens with zero attached hydrogens (tertiary/aromatic N) is 5. The third kappa shape index (κ3) is 4.59. The van der Waals surface area contributed by atoms with Crippen molar-refractivity contribution in [2.24, 2.45) is 14.1 Å². The molecule has 10 heteroatoms. The van der Waals surface area contributed by atoms with Crippen LogP contribution in [0, 0.1) is 13.8 Å². The fourth-order valence-electron chi connectivity index (χ4n) is 3.08. The summed E-state index contributed by atoms with van der Waals surface area (Å²) in [5.74, 6) is 0.740. The van der Waals surface area contributed by atoms with E-state index in [1.807, 2.05) is 37.6 Å². The molecule has 1 aromatic carbocycles. The molecule has 3 rings (SSSR count). The second-order valence-corrected chi connectivity index (χ2v) is 9.97. The highest BCUT2D eigenvalue weighted by Crippen LogP contribution is 2.23. The van der Waals surface area contributed by atoms with Crippen molar-refractivity contribution in [2.75, 3.05) is 16.3 Å². The molecule has 0 amide bonds. The molecule has 2 heterocycles. The van der Waals surface area contributed by atoms with Crippen molar-refractivity contribution in [3.8, 4) is 0 Å². The lowest BCUT2D eigenvalue weighted by Gasteiger charge is -2.21. The number of Topliss-reactive ketones (excluding diaryl/α,β-unsaturated/α-hetero) is 1. The number of hydrogen-bond donors (Lipinski definition) is 0. The number of rotatable bonds is 8. The van der Waals surface area contributed by atoms with Gasteiger partial charge in [0, 0.05) is 31.0 Å². The fraction of sp³-hybridized carbons (Fsp3) is 0.350. The molecule has 8 nitrogen and oxygen atoms in total. The standard InChI is InChI=1S/C20H25N5O3S2/c1-14-11-17(15(2)23(14)3)18(26)13-29-20-22-21-19(24(20)4)12-25(30(5,27)28)16-9-7-6-8-10-16/h6-11H,12-13H2,1-5H3. The van der Waals surface area contributed by atoms with E-state index in [0.717, 1.165) is 17.6 Å². The van der Waals surface area contributed by atoms with Gasteiger partial charge in [-0.05, 0) is 32.0 Å². The molecule has 2 aromatic heterocycles. The summed E-state index contributed by atoms with van der Waals surface area (Å²) in [5, 5.41) is 8.86. The third-order valence-corrected chi connectivity index (χ3v) is 7.22. The maximum atomic E-state index is 12.6. The van der Waals surface area contributed by atoms with Crippen LogP contribution in [0.15, 0.2) is 41.6 Å². The minimum atomic E-state index is -3.50. The monoisotopic (exact) mass is 447 g/mol. The van der Waals surface area contributed by atoms with E-state index in [9.17, 15) is 13.2 Å². The van der Waals surface area contributed by atoms with E-state index >= 15 is 0 Å². The van der Waals surface area contributed by atoms with E-state index < -0.39 is 10.0 Å². The van der Waals surface area contributed by atoms with Crippen LogP contribution in [0.2, 0.25) is 0 Å². The van der Waals surface area contributed by atoms with E-state index in [1.54, 1.807) is 35.9 Å². The minimum Gasteiger partial charge on any atom is -0.351 e. The summed E-state index contributed by atoms with van der Waals surface area (Å²) in [6.45, 7) is 3.94. The largest absolute Gasteiger partial charge is 0.351 e. The minimum absolute atomic E-state index is 0.0211. The van der Waals surface area contributed by atoms with Crippen LogP contribution in [0.4, 0.5) is 5.69 Å². The van der Waals surface area contributed by atoms with Gasteiger partial charge < -0.3 is 9.13 Å². The molecule has 0 atom stereocenters. The van der Waals surface area contributed by atoms with Crippen LogP contribution < -0.4 is 4.31 Å². The fourth-order valence-corrected chi connectivity index (χ4v) is 4.74. The number of hydrogen-bond acceptors (Lipinski definition) is 6. The molecule has 3 aromatic rings. The Morgan fingerprint density at radius 1 is 1.10 bits per heavy atom. The highest BCUT2D eigenvalue weighted by molar-refractivity contribution is 7.99. The second kappa shape index (κ2) is 8.65. The van der Waals surface area contributed by atoms with Gasteiger partial charge in [-0.3, -0.25) is 9.10 Å². The van der Waals surface area contributed by atoms with Crippen LogP contribution in [0.3, 0.4) is 0 Å². The summed E-state index contributed by atoms with van der Waals surface area (Å²) in [5.41, 5.74) is 3.23. The lowest BCUT2D eigenvalue weighted by Crippen LogP contribution is -2.30. The molecule has 30 heavy (non-hydrogen) atoms. The molecular formula is C20H25N5O3S2. The maximum Gasteiger partial charge on any atom is 0.232 e. The summed E-state index contributed by atoms with van der Waals surface area (Å²) in [7, 11) is 0.201. The van der Waals surface area contributed by atoms with Gasteiger partial charge in [-0.15, -0.1) is 10.2 Å². The molecular weight excluding hydrogens is 422 g/mol. The van der Waals surface area contributed by atoms with Gasteiger partial charge in [0.2, 0.25) is 10.0 Å². The van der Waals surface area contributed by atoms with Gasteiger partial charge in [-0.1, -0.05) is 30.0 Å². The third-order valence-electron chi connectivity index (χ3n) is 5.06. The first kappa shape index (κ1) is 22.1. The number of carbonyl (C=O) groups is 1. The topological polar surface area (TPSA) is 90.1 Å². The van der Waals surface area contributed by atoms with Crippen molar-refractivity contribution in [3.63, 3.8) is 0 Å². The molecule has 0 spiro atoms. The van der Waals surface area contributed by atoms with Gasteiger partial charge in [-0.25, -0.2) is 8.42 Å². The van der Waals surface area contributed by atoms with Crippen molar-refractivity contribution >= 4 is 33.3 Å². The zero-order valence-electron chi connectivity index (χ0n) is 17.7. The highest BCUT2D eigenvalue weighted by atomic mass is 32.2. The Balaban J connectivity index is 1.75. The number of sulfonamides is 1. The lowest BCUT2D eigenvalue weighted by atomic mass is 10.2. The van der Waals surface area contributed by atoms with Gasteiger partial charge >= 0.3 is 0 Å². The van der Waals surface area contributed by atoms with Crippen molar-refractivity contribution < 1.29 is 13.2 Å². The molecule has 0 N–H and O–H groups in total. The molecule has 0 aliphatic heterocycles. The van der Waals surface area contributed by atoms with Crippen LogP contribution in [-0.2, 0) is 30.7 Å². The molecule has 0 saturated carbocycles. The number of ketones is 1. The van der Waals surface area contributed by atoms with Crippen molar-refractivity contribution in [1.29, 1.82) is 0 Å². The Kier molecular flexibility index (Phi) is 6.37. The molecule has 0 bridgehead atoms. The molecule has 160 valence electrons. The molecule has 0 radical (unpaired) electrons. The number of thioether (sulfide) groups is 1. The van der Waals surface area contributed by atoms with Crippen molar-refractivity contribution in [2.45, 2.75) is 25.5 Å². The van der Waals surface area contributed by atoms with Crippen molar-refractivity contribution in [1.82, 2.24) is 19.3 Å². The Bertz CT molecular complexity index is 1170. The number of carbonyl (C=O) groups excluding carboxylic acids is 1. The number of aryl methyl sites for hydroxylation is 1. The van der Waals surface area contributed by atoms with E-state index in [-0.39, 0.29) is 18.1 Å². The quantitative estimate of drug-likeness (QED) is 0.390. The smallest absolute Gasteiger partial charge is 0.232 e. The number of para-hydroxylation sites is 1. The maximum absolute atomic E-state index is 12.6. The van der Waals surface area contributed by atoms with E-state index in [1.165, 1.54) is 16.1 Å². The molecule has 0 aliphatic rings. The first-order valence-electron chi connectivity index (χ1n) is 9.29. The Labute approximate surface area is 181 Å². The zero-order valence-corrected chi connectivity index (χ0v) is 19.3. The SMILES string of the molecule is Cc1cc(C(=O)CSc2nnc(CN(c3ccccc3)S(C)(=O)=O)n2C)c(C)n1C. The first-order valence-corrected chi connectivity index (χ1v) is 12.1. The second-order valence-electron chi connectivity index (χ2n) is 7.12. The summed E-state index contributed by atoms with van der Waals surface area (Å²) in [6.07, 6.45) is 1.16. The van der Waals surface area contributed by atoms with Gasteiger partial charge in [-0.2, -0.15) is 0 Å². The average Bonchev–Trinajstić information content (AvgIpc) is 3.18. The van der Waals surface area contributed by atoms with Crippen LogP contribution in [0.1, 0.15) is 27.6 Å². The first-order chi connectivity index (χ1) is 14.1. The number of aromatic nitrogens is 4. The van der Waals surface area contributed by atoms with Gasteiger partial charge in [0.1, 0.15) is 0 Å². The predicted molar refractivity (Wildman–Crippen MR) is 118 cm³/mol.